The van der Waals surface area contributed by atoms with Crippen LogP contribution in [0, 0.1) is 11.6 Å². The molecular weight excluding hydrogens is 280 g/mol. The Morgan fingerprint density at radius 2 is 2.12 bits per heavy atom. The molecule has 1 aromatic carbocycles. The average molecular weight is 288 g/mol. The summed E-state index contributed by atoms with van der Waals surface area (Å²) in [6.45, 7) is 0. The molecule has 0 spiro atoms. The van der Waals surface area contributed by atoms with Crippen LogP contribution in [0.2, 0.25) is 0 Å². The number of aromatic nitrogens is 3. The van der Waals surface area contributed by atoms with E-state index in [0.29, 0.717) is 6.42 Å². The van der Waals surface area contributed by atoms with Crippen molar-refractivity contribution in [2.24, 2.45) is 0 Å². The molecule has 0 fully saturated rings. The lowest BCUT2D eigenvalue weighted by Crippen LogP contribution is -2.00. The number of rotatable bonds is 3. The summed E-state index contributed by atoms with van der Waals surface area (Å²) >= 11 is 3.27. The van der Waals surface area contributed by atoms with Gasteiger partial charge >= 0.3 is 0 Å². The summed E-state index contributed by atoms with van der Waals surface area (Å²) in [6, 6.07) is 3.94. The van der Waals surface area contributed by atoms with Gasteiger partial charge in [-0.15, -0.1) is 5.10 Å². The Morgan fingerprint density at radius 3 is 2.88 bits per heavy atom. The zero-order valence-electron chi connectivity index (χ0n) is 8.20. The van der Waals surface area contributed by atoms with E-state index in [1.165, 1.54) is 16.8 Å². The lowest BCUT2D eigenvalue weighted by atomic mass is 10.3. The predicted octanol–water partition coefficient (Wildman–Crippen LogP) is 2.48. The van der Waals surface area contributed by atoms with Gasteiger partial charge in [-0.2, -0.15) is 0 Å². The van der Waals surface area contributed by atoms with Crippen LogP contribution in [0.25, 0.3) is 5.69 Å². The minimum Gasteiger partial charge on any atom is -0.217 e. The van der Waals surface area contributed by atoms with Gasteiger partial charge in [0.2, 0.25) is 0 Å². The maximum atomic E-state index is 13.4. The van der Waals surface area contributed by atoms with Crippen LogP contribution < -0.4 is 0 Å². The van der Waals surface area contributed by atoms with Crippen molar-refractivity contribution in [1.29, 1.82) is 0 Å². The number of benzene rings is 1. The molecule has 0 saturated carbocycles. The smallest absolute Gasteiger partial charge is 0.184 e. The molecule has 0 aliphatic heterocycles. The van der Waals surface area contributed by atoms with Gasteiger partial charge in [-0.1, -0.05) is 27.2 Å². The molecule has 0 saturated heterocycles. The highest BCUT2D eigenvalue weighted by atomic mass is 79.9. The van der Waals surface area contributed by atoms with Gasteiger partial charge in [0.05, 0.1) is 11.9 Å². The van der Waals surface area contributed by atoms with Gasteiger partial charge in [-0.25, -0.2) is 13.5 Å². The van der Waals surface area contributed by atoms with E-state index in [1.54, 1.807) is 6.20 Å². The zero-order valence-corrected chi connectivity index (χ0v) is 9.79. The molecular formula is C10H8BrF2N3. The van der Waals surface area contributed by atoms with Crippen LogP contribution in [-0.4, -0.2) is 20.3 Å². The topological polar surface area (TPSA) is 30.7 Å². The van der Waals surface area contributed by atoms with E-state index in [0.717, 1.165) is 17.1 Å². The SMILES string of the molecule is Fc1cccc(-n2cc(CCBr)nn2)c1F. The first-order chi connectivity index (χ1) is 7.72. The minimum atomic E-state index is -0.919. The molecule has 3 nitrogen and oxygen atoms in total. The molecule has 0 radical (unpaired) electrons. The Hall–Kier alpha value is -1.30. The molecule has 0 unspecified atom stereocenters. The van der Waals surface area contributed by atoms with Crippen LogP contribution >= 0.6 is 15.9 Å². The molecule has 0 atom stereocenters. The second-order valence-corrected chi connectivity index (χ2v) is 3.96. The first-order valence-electron chi connectivity index (χ1n) is 4.64. The molecule has 0 bridgehead atoms. The van der Waals surface area contributed by atoms with E-state index < -0.39 is 11.6 Å². The monoisotopic (exact) mass is 287 g/mol. The molecule has 16 heavy (non-hydrogen) atoms. The number of hydrogen-bond acceptors (Lipinski definition) is 2. The normalized spacial score (nSPS) is 10.7. The van der Waals surface area contributed by atoms with Crippen molar-refractivity contribution in [3.63, 3.8) is 0 Å². The molecule has 6 heteroatoms. The molecule has 2 rings (SSSR count). The van der Waals surface area contributed by atoms with Gasteiger partial charge < -0.3 is 0 Å². The quantitative estimate of drug-likeness (QED) is 0.812. The molecule has 0 amide bonds. The van der Waals surface area contributed by atoms with E-state index in [2.05, 4.69) is 26.2 Å². The average Bonchev–Trinajstić information content (AvgIpc) is 2.71. The molecule has 0 aliphatic rings. The number of nitrogens with zero attached hydrogens (tertiary/aromatic N) is 3. The van der Waals surface area contributed by atoms with Gasteiger partial charge in [0.25, 0.3) is 0 Å². The molecule has 84 valence electrons. The highest BCUT2D eigenvalue weighted by Crippen LogP contribution is 2.15. The number of halogens is 3. The summed E-state index contributed by atoms with van der Waals surface area (Å²) < 4.78 is 27.6. The Bertz CT molecular complexity index is 499. The Labute approximate surface area is 99.2 Å². The fourth-order valence-electron chi connectivity index (χ4n) is 1.30. The minimum absolute atomic E-state index is 0.0633. The van der Waals surface area contributed by atoms with E-state index in [4.69, 9.17) is 0 Å². The third-order valence-electron chi connectivity index (χ3n) is 2.07. The maximum absolute atomic E-state index is 13.4. The standard InChI is InChI=1S/C10H8BrF2N3/c11-5-4-7-6-16(15-14-7)9-3-1-2-8(12)10(9)13/h1-3,6H,4-5H2. The maximum Gasteiger partial charge on any atom is 0.184 e. The van der Waals surface area contributed by atoms with Crippen LogP contribution in [0.3, 0.4) is 0 Å². The molecule has 0 aliphatic carbocycles. The van der Waals surface area contributed by atoms with Gasteiger partial charge in [0.1, 0.15) is 5.69 Å². The lowest BCUT2D eigenvalue weighted by molar-refractivity contribution is 0.500. The zero-order chi connectivity index (χ0) is 11.5. The number of hydrogen-bond donors (Lipinski definition) is 0. The number of alkyl halides is 1. The summed E-state index contributed by atoms with van der Waals surface area (Å²) in [6.07, 6.45) is 2.27. The second-order valence-electron chi connectivity index (χ2n) is 3.17. The number of aryl methyl sites for hydroxylation is 1. The second kappa shape index (κ2) is 4.69. The Kier molecular flexibility index (Phi) is 3.28. The van der Waals surface area contributed by atoms with Crippen molar-refractivity contribution in [1.82, 2.24) is 15.0 Å². The summed E-state index contributed by atoms with van der Waals surface area (Å²) in [5.74, 6) is -1.81. The Balaban J connectivity index is 2.39. The highest BCUT2D eigenvalue weighted by Gasteiger charge is 2.11. The predicted molar refractivity (Wildman–Crippen MR) is 58.8 cm³/mol. The van der Waals surface area contributed by atoms with Crippen molar-refractivity contribution >= 4 is 15.9 Å². The van der Waals surface area contributed by atoms with Crippen LogP contribution in [0.5, 0.6) is 0 Å². The van der Waals surface area contributed by atoms with E-state index in [9.17, 15) is 8.78 Å². The third-order valence-corrected chi connectivity index (χ3v) is 2.47. The van der Waals surface area contributed by atoms with Crippen LogP contribution in [0.4, 0.5) is 8.78 Å². The van der Waals surface area contributed by atoms with Crippen LogP contribution in [-0.2, 0) is 6.42 Å². The fraction of sp³-hybridized carbons (Fsp3) is 0.200. The molecule has 2 aromatic rings. The highest BCUT2D eigenvalue weighted by molar-refractivity contribution is 9.09. The van der Waals surface area contributed by atoms with Crippen LogP contribution in [0.1, 0.15) is 5.69 Å². The Morgan fingerprint density at radius 1 is 1.31 bits per heavy atom. The summed E-state index contributed by atoms with van der Waals surface area (Å²) in [5, 5.41) is 8.34. The molecule has 0 N–H and O–H groups in total. The fourth-order valence-corrected chi connectivity index (χ4v) is 1.70. The first kappa shape index (κ1) is 11.2. The van der Waals surface area contributed by atoms with Crippen LogP contribution in [0.15, 0.2) is 24.4 Å². The van der Waals surface area contributed by atoms with Gasteiger partial charge in [-0.3, -0.25) is 0 Å². The largest absolute Gasteiger partial charge is 0.217 e. The van der Waals surface area contributed by atoms with Crippen molar-refractivity contribution in [3.8, 4) is 5.69 Å². The van der Waals surface area contributed by atoms with Gasteiger partial charge in [0.15, 0.2) is 11.6 Å². The van der Waals surface area contributed by atoms with Crippen molar-refractivity contribution < 1.29 is 8.78 Å². The summed E-state index contributed by atoms with van der Waals surface area (Å²) in [5.41, 5.74) is 0.786. The molecule has 1 aromatic heterocycles. The molecule has 1 heterocycles. The van der Waals surface area contributed by atoms with Gasteiger partial charge in [-0.05, 0) is 12.1 Å². The van der Waals surface area contributed by atoms with E-state index in [-0.39, 0.29) is 5.69 Å². The van der Waals surface area contributed by atoms with Crippen molar-refractivity contribution in [3.05, 3.63) is 41.7 Å². The third kappa shape index (κ3) is 2.11. The van der Waals surface area contributed by atoms with Gasteiger partial charge in [0, 0.05) is 11.8 Å². The van der Waals surface area contributed by atoms with E-state index in [1.807, 2.05) is 0 Å². The summed E-state index contributed by atoms with van der Waals surface area (Å²) in [4.78, 5) is 0. The summed E-state index contributed by atoms with van der Waals surface area (Å²) in [7, 11) is 0. The van der Waals surface area contributed by atoms with E-state index >= 15 is 0 Å². The van der Waals surface area contributed by atoms with Crippen molar-refractivity contribution in [2.45, 2.75) is 6.42 Å². The first-order valence-corrected chi connectivity index (χ1v) is 5.76. The lowest BCUT2D eigenvalue weighted by Gasteiger charge is -2.01. The van der Waals surface area contributed by atoms with Crippen molar-refractivity contribution in [2.75, 3.05) is 5.33 Å².